The zero-order chi connectivity index (χ0) is 21.6. The Hall–Kier alpha value is -3.02. The summed E-state index contributed by atoms with van der Waals surface area (Å²) in [6.07, 6.45) is -2.93. The summed E-state index contributed by atoms with van der Waals surface area (Å²) in [5, 5.41) is 5.18. The van der Waals surface area contributed by atoms with Crippen LogP contribution in [-0.2, 0) is 4.79 Å². The molecule has 156 valence electrons. The first kappa shape index (κ1) is 22.3. The van der Waals surface area contributed by atoms with Crippen LogP contribution in [0.5, 0.6) is 5.88 Å². The maximum absolute atomic E-state index is 12.5. The molecule has 2 heterocycles. The number of nitrogens with zero attached hydrogens (tertiary/aromatic N) is 2. The molecule has 12 heteroatoms. The summed E-state index contributed by atoms with van der Waals surface area (Å²) in [6, 6.07) is 3.59. The minimum absolute atomic E-state index is 0.0509. The Labute approximate surface area is 168 Å². The number of carbonyl (C=O) groups excluding carboxylic acids is 2. The molecule has 2 amide bonds. The van der Waals surface area contributed by atoms with E-state index in [-0.39, 0.29) is 34.5 Å². The van der Waals surface area contributed by atoms with Crippen molar-refractivity contribution in [3.05, 3.63) is 40.3 Å². The third-order valence-corrected chi connectivity index (χ3v) is 3.77. The Kier molecular flexibility index (Phi) is 7.26. The Bertz CT molecular complexity index is 931. The summed E-state index contributed by atoms with van der Waals surface area (Å²) in [5.41, 5.74) is 0.631. The molecular weight excluding hydrogens is 411 g/mol. The van der Waals surface area contributed by atoms with E-state index in [2.05, 4.69) is 30.3 Å². The van der Waals surface area contributed by atoms with E-state index >= 15 is 0 Å². The van der Waals surface area contributed by atoms with Crippen molar-refractivity contribution in [3.63, 3.8) is 0 Å². The smallest absolute Gasteiger partial charge is 0.422 e. The highest BCUT2D eigenvalue weighted by atomic mass is 32.1. The van der Waals surface area contributed by atoms with E-state index < -0.39 is 24.7 Å². The normalized spacial score (nSPS) is 12.2. The van der Waals surface area contributed by atoms with Gasteiger partial charge in [-0.1, -0.05) is 25.2 Å². The number of amides is 2. The van der Waals surface area contributed by atoms with Gasteiger partial charge >= 0.3 is 6.18 Å². The van der Waals surface area contributed by atoms with Crippen LogP contribution < -0.4 is 15.4 Å². The molecule has 0 spiro atoms. The van der Waals surface area contributed by atoms with E-state index in [4.69, 9.17) is 12.2 Å². The van der Waals surface area contributed by atoms with Gasteiger partial charge in [0.1, 0.15) is 10.3 Å². The number of pyridine rings is 1. The van der Waals surface area contributed by atoms with E-state index in [1.54, 1.807) is 13.8 Å². The zero-order valence-electron chi connectivity index (χ0n) is 15.5. The Morgan fingerprint density at radius 1 is 1.34 bits per heavy atom. The number of aromatic nitrogens is 3. The Morgan fingerprint density at radius 3 is 2.66 bits per heavy atom. The van der Waals surface area contributed by atoms with Gasteiger partial charge in [-0.3, -0.25) is 14.9 Å². The average molecular weight is 429 g/mol. The van der Waals surface area contributed by atoms with Crippen molar-refractivity contribution in [2.45, 2.75) is 32.5 Å². The van der Waals surface area contributed by atoms with Crippen molar-refractivity contribution < 1.29 is 27.5 Å². The van der Waals surface area contributed by atoms with Gasteiger partial charge in [0.25, 0.3) is 5.91 Å². The highest BCUT2D eigenvalue weighted by molar-refractivity contribution is 7.71. The van der Waals surface area contributed by atoms with Gasteiger partial charge in [-0.25, -0.2) is 9.97 Å². The van der Waals surface area contributed by atoms with Crippen LogP contribution >= 0.6 is 12.2 Å². The fourth-order valence-corrected chi connectivity index (χ4v) is 2.32. The molecular formula is C17H18F3N5O3S. The first-order valence-electron chi connectivity index (χ1n) is 8.45. The van der Waals surface area contributed by atoms with Crippen molar-refractivity contribution in [1.29, 1.82) is 0 Å². The molecule has 0 aliphatic heterocycles. The standard InChI is InChI=1S/C17H18F3N5O3S/c1-3-12(26)24-16-23-11(6-14(29)25-16)15(27)22-9(2)10-4-5-13(21-7-10)28-8-17(18,19)20/h4-7,9H,3,8H2,1-2H3,(H,22,27)(H2,23,24,25,26,29). The summed E-state index contributed by atoms with van der Waals surface area (Å²) in [6.45, 7) is 1.89. The number of carbonyl (C=O) groups is 2. The number of ether oxygens (including phenoxy) is 1. The molecule has 0 saturated carbocycles. The number of rotatable bonds is 7. The number of halogens is 3. The zero-order valence-corrected chi connectivity index (χ0v) is 16.3. The van der Waals surface area contributed by atoms with Gasteiger partial charge in [0, 0.05) is 24.8 Å². The number of hydrogen-bond acceptors (Lipinski definition) is 6. The van der Waals surface area contributed by atoms with Crippen molar-refractivity contribution in [2.24, 2.45) is 0 Å². The number of aromatic amines is 1. The van der Waals surface area contributed by atoms with Gasteiger partial charge in [-0.15, -0.1) is 0 Å². The minimum Gasteiger partial charge on any atom is -0.468 e. The molecule has 3 N–H and O–H groups in total. The molecule has 29 heavy (non-hydrogen) atoms. The van der Waals surface area contributed by atoms with Gasteiger partial charge < -0.3 is 15.0 Å². The lowest BCUT2D eigenvalue weighted by Gasteiger charge is -2.15. The molecule has 0 radical (unpaired) electrons. The summed E-state index contributed by atoms with van der Waals surface area (Å²) < 4.78 is 41.1. The first-order chi connectivity index (χ1) is 13.6. The molecule has 0 fully saturated rings. The molecule has 0 aliphatic rings. The van der Waals surface area contributed by atoms with Crippen molar-refractivity contribution >= 4 is 30.0 Å². The van der Waals surface area contributed by atoms with Crippen molar-refractivity contribution in [3.8, 4) is 5.88 Å². The van der Waals surface area contributed by atoms with Crippen molar-refractivity contribution in [2.75, 3.05) is 11.9 Å². The van der Waals surface area contributed by atoms with Crippen LogP contribution in [0.3, 0.4) is 0 Å². The topological polar surface area (TPSA) is 109 Å². The van der Waals surface area contributed by atoms with E-state index in [0.717, 1.165) is 0 Å². The summed E-state index contributed by atoms with van der Waals surface area (Å²) >= 11 is 5.00. The number of anilines is 1. The average Bonchev–Trinajstić information content (AvgIpc) is 2.65. The molecule has 8 nitrogen and oxygen atoms in total. The second-order valence-corrected chi connectivity index (χ2v) is 6.33. The predicted molar refractivity (Wildman–Crippen MR) is 100 cm³/mol. The molecule has 1 unspecified atom stereocenters. The molecule has 1 atom stereocenters. The third kappa shape index (κ3) is 7.14. The predicted octanol–water partition coefficient (Wildman–Crippen LogP) is 3.31. The lowest BCUT2D eigenvalue weighted by Crippen LogP contribution is -2.28. The van der Waals surface area contributed by atoms with Crippen LogP contribution in [0.1, 0.15) is 42.4 Å². The molecule has 0 saturated heterocycles. The van der Waals surface area contributed by atoms with E-state index in [9.17, 15) is 22.8 Å². The van der Waals surface area contributed by atoms with E-state index in [1.165, 1.54) is 24.4 Å². The molecule has 0 aliphatic carbocycles. The maximum Gasteiger partial charge on any atom is 0.422 e. The minimum atomic E-state index is -4.46. The van der Waals surface area contributed by atoms with Gasteiger partial charge in [-0.2, -0.15) is 13.2 Å². The van der Waals surface area contributed by atoms with Crippen LogP contribution in [-0.4, -0.2) is 39.5 Å². The second kappa shape index (κ2) is 9.45. The quantitative estimate of drug-likeness (QED) is 0.583. The van der Waals surface area contributed by atoms with Crippen LogP contribution in [0.4, 0.5) is 19.1 Å². The first-order valence-corrected chi connectivity index (χ1v) is 8.86. The summed E-state index contributed by atoms with van der Waals surface area (Å²) in [5.74, 6) is -0.947. The van der Waals surface area contributed by atoms with E-state index in [1.807, 2.05) is 0 Å². The monoisotopic (exact) mass is 429 g/mol. The van der Waals surface area contributed by atoms with Crippen LogP contribution in [0.25, 0.3) is 0 Å². The summed E-state index contributed by atoms with van der Waals surface area (Å²) in [4.78, 5) is 34.4. The number of alkyl halides is 3. The van der Waals surface area contributed by atoms with Crippen molar-refractivity contribution in [1.82, 2.24) is 20.3 Å². The second-order valence-electron chi connectivity index (χ2n) is 5.91. The van der Waals surface area contributed by atoms with E-state index in [0.29, 0.717) is 5.56 Å². The van der Waals surface area contributed by atoms with Gasteiger partial charge in [0.15, 0.2) is 6.61 Å². The SMILES string of the molecule is CCC(=O)Nc1nc(=S)cc(C(=O)NC(C)c2ccc(OCC(F)(F)F)nc2)[nH]1. The van der Waals surface area contributed by atoms with Crippen LogP contribution in [0.15, 0.2) is 24.4 Å². The number of H-pyrrole nitrogens is 1. The maximum atomic E-state index is 12.5. The molecule has 0 aromatic carbocycles. The highest BCUT2D eigenvalue weighted by Crippen LogP contribution is 2.19. The third-order valence-electron chi connectivity index (χ3n) is 3.56. The number of nitrogens with one attached hydrogen (secondary N) is 3. The fraction of sp³-hybridized carbons (Fsp3) is 0.353. The summed E-state index contributed by atoms with van der Waals surface area (Å²) in [7, 11) is 0. The Morgan fingerprint density at radius 2 is 2.07 bits per heavy atom. The van der Waals surface area contributed by atoms with Crippen LogP contribution in [0.2, 0.25) is 0 Å². The highest BCUT2D eigenvalue weighted by Gasteiger charge is 2.28. The lowest BCUT2D eigenvalue weighted by molar-refractivity contribution is -0.154. The van der Waals surface area contributed by atoms with Gasteiger partial charge in [0.05, 0.1) is 6.04 Å². The number of hydrogen-bond donors (Lipinski definition) is 3. The Balaban J connectivity index is 2.05. The fourth-order valence-electron chi connectivity index (χ4n) is 2.11. The largest absolute Gasteiger partial charge is 0.468 e. The van der Waals surface area contributed by atoms with Gasteiger partial charge in [-0.05, 0) is 12.5 Å². The molecule has 2 aromatic rings. The molecule has 0 bridgehead atoms. The molecule has 2 aromatic heterocycles. The lowest BCUT2D eigenvalue weighted by atomic mass is 10.1. The van der Waals surface area contributed by atoms with Gasteiger partial charge in [0.2, 0.25) is 17.7 Å². The molecule has 2 rings (SSSR count). The van der Waals surface area contributed by atoms with Crippen LogP contribution in [0, 0.1) is 4.64 Å².